The predicted octanol–water partition coefficient (Wildman–Crippen LogP) is 5.13. The van der Waals surface area contributed by atoms with Crippen LogP contribution in [0.3, 0.4) is 0 Å². The lowest BCUT2D eigenvalue weighted by atomic mass is 10.1. The minimum Gasteiger partial charge on any atom is -0.481 e. The van der Waals surface area contributed by atoms with Crippen LogP contribution in [0.2, 0.25) is 0 Å². The third-order valence-electron chi connectivity index (χ3n) is 4.91. The lowest BCUT2D eigenvalue weighted by Crippen LogP contribution is -2.28. The number of carboxylic acid groups (broad SMARTS) is 1. The van der Waals surface area contributed by atoms with E-state index in [9.17, 15) is 27.6 Å². The van der Waals surface area contributed by atoms with Gasteiger partial charge in [0.25, 0.3) is 5.91 Å². The molecule has 0 unspecified atom stereocenters. The summed E-state index contributed by atoms with van der Waals surface area (Å²) in [6.07, 6.45) is -3.37. The molecular weight excluding hydrogens is 507 g/mol. The Kier molecular flexibility index (Phi) is 9.09. The fourth-order valence-corrected chi connectivity index (χ4v) is 3.26. The molecule has 1 aromatic heterocycles. The largest absolute Gasteiger partial charge is 0.573 e. The van der Waals surface area contributed by atoms with Crippen LogP contribution in [0, 0.1) is 0 Å². The minimum atomic E-state index is -4.88. The Morgan fingerprint density at radius 1 is 1.00 bits per heavy atom. The van der Waals surface area contributed by atoms with E-state index in [0.717, 1.165) is 17.7 Å². The monoisotopic (exact) mass is 531 g/mol. The van der Waals surface area contributed by atoms with Crippen molar-refractivity contribution in [3.8, 4) is 5.75 Å². The molecule has 3 rings (SSSR count). The van der Waals surface area contributed by atoms with Gasteiger partial charge in [-0.2, -0.15) is 0 Å². The molecule has 0 spiro atoms. The number of aryl methyl sites for hydroxylation is 1. The lowest BCUT2D eigenvalue weighted by Gasteiger charge is -2.15. The van der Waals surface area contributed by atoms with E-state index in [-0.39, 0.29) is 29.2 Å². The first-order valence-electron chi connectivity index (χ1n) is 11.3. The number of carbonyl (C=O) groups excluding carboxylic acids is 2. The van der Waals surface area contributed by atoms with Crippen molar-refractivity contribution in [3.63, 3.8) is 0 Å². The van der Waals surface area contributed by atoms with Crippen LogP contribution in [-0.4, -0.2) is 40.9 Å². The van der Waals surface area contributed by atoms with Crippen molar-refractivity contribution in [2.75, 3.05) is 22.5 Å². The van der Waals surface area contributed by atoms with Gasteiger partial charge < -0.3 is 25.8 Å². The molecule has 0 aliphatic heterocycles. The third kappa shape index (κ3) is 8.69. The second kappa shape index (κ2) is 12.4. The van der Waals surface area contributed by atoms with Gasteiger partial charge in [-0.05, 0) is 43.2 Å². The zero-order chi connectivity index (χ0) is 27.7. The van der Waals surface area contributed by atoms with Gasteiger partial charge in [0.15, 0.2) is 0 Å². The molecular formula is C25H24F3N5O5. The number of urea groups is 1. The van der Waals surface area contributed by atoms with Gasteiger partial charge in [0, 0.05) is 42.7 Å². The number of hydrogen-bond acceptors (Lipinski definition) is 6. The fourth-order valence-electron chi connectivity index (χ4n) is 3.26. The summed E-state index contributed by atoms with van der Waals surface area (Å²) in [7, 11) is 0. The van der Waals surface area contributed by atoms with Crippen molar-refractivity contribution in [1.82, 2.24) is 10.3 Å². The van der Waals surface area contributed by atoms with E-state index in [4.69, 9.17) is 5.11 Å². The molecule has 0 saturated carbocycles. The van der Waals surface area contributed by atoms with Gasteiger partial charge in [0.2, 0.25) is 0 Å². The van der Waals surface area contributed by atoms with E-state index in [2.05, 4.69) is 31.0 Å². The second-order valence-corrected chi connectivity index (χ2v) is 7.85. The van der Waals surface area contributed by atoms with Crippen LogP contribution in [0.25, 0.3) is 0 Å². The Morgan fingerprint density at radius 2 is 1.74 bits per heavy atom. The second-order valence-electron chi connectivity index (χ2n) is 7.85. The van der Waals surface area contributed by atoms with Crippen LogP contribution in [0.4, 0.5) is 40.8 Å². The van der Waals surface area contributed by atoms with Gasteiger partial charge in [-0.25, -0.2) is 9.78 Å². The summed E-state index contributed by atoms with van der Waals surface area (Å²) in [5.41, 5.74) is 1.55. The molecule has 13 heteroatoms. The SMILES string of the molecule is CCNC(=O)Nc1cc(Nc2cccc(OC(F)(F)F)c2)c(C(=O)Nc2ccc(CCC(=O)O)cc2)cn1. The minimum absolute atomic E-state index is 0.0295. The summed E-state index contributed by atoms with van der Waals surface area (Å²) >= 11 is 0. The summed E-state index contributed by atoms with van der Waals surface area (Å²) in [6, 6.07) is 12.4. The van der Waals surface area contributed by atoms with Crippen molar-refractivity contribution in [1.29, 1.82) is 0 Å². The average molecular weight is 531 g/mol. The van der Waals surface area contributed by atoms with Crippen molar-refractivity contribution in [3.05, 3.63) is 71.9 Å². The molecule has 0 atom stereocenters. The number of carbonyl (C=O) groups is 3. The number of pyridine rings is 1. The molecule has 0 saturated heterocycles. The number of nitrogens with zero attached hydrogens (tertiary/aromatic N) is 1. The normalized spacial score (nSPS) is 10.8. The standard InChI is InChI=1S/C25H24F3N5O5/c1-2-29-24(37)33-21-13-20(31-17-4-3-5-18(12-17)38-25(26,27)28)19(14-30-21)23(36)32-16-9-6-15(7-10-16)8-11-22(34)35/h3-7,9-10,12-14H,2,8,11H2,1H3,(H,32,36)(H,34,35)(H3,29,30,31,33,37). The van der Waals surface area contributed by atoms with Crippen molar-refractivity contribution >= 4 is 40.8 Å². The number of aliphatic carboxylic acids is 1. The Hall–Kier alpha value is -4.81. The summed E-state index contributed by atoms with van der Waals surface area (Å²) in [6.45, 7) is 2.08. The van der Waals surface area contributed by atoms with Gasteiger partial charge in [-0.15, -0.1) is 13.2 Å². The van der Waals surface area contributed by atoms with E-state index in [1.807, 2.05) is 0 Å². The van der Waals surface area contributed by atoms with Crippen LogP contribution in [0.1, 0.15) is 29.3 Å². The molecule has 5 N–H and O–H groups in total. The number of alkyl halides is 3. The maximum Gasteiger partial charge on any atom is 0.573 e. The highest BCUT2D eigenvalue weighted by Gasteiger charge is 2.31. The number of hydrogen-bond donors (Lipinski definition) is 5. The molecule has 3 amide bonds. The highest BCUT2D eigenvalue weighted by molar-refractivity contribution is 6.08. The number of benzene rings is 2. The Morgan fingerprint density at radius 3 is 2.39 bits per heavy atom. The number of halogens is 3. The van der Waals surface area contributed by atoms with Crippen molar-refractivity contribution in [2.45, 2.75) is 26.1 Å². The van der Waals surface area contributed by atoms with E-state index < -0.39 is 30.0 Å². The fraction of sp³-hybridized carbons (Fsp3) is 0.200. The smallest absolute Gasteiger partial charge is 0.481 e. The number of carboxylic acids is 1. The number of amides is 3. The highest BCUT2D eigenvalue weighted by atomic mass is 19.4. The van der Waals surface area contributed by atoms with E-state index in [1.54, 1.807) is 31.2 Å². The molecule has 0 aliphatic carbocycles. The summed E-state index contributed by atoms with van der Waals surface area (Å²) in [5.74, 6) is -1.90. The molecule has 0 radical (unpaired) electrons. The first-order valence-corrected chi connectivity index (χ1v) is 11.3. The Balaban J connectivity index is 1.85. The third-order valence-corrected chi connectivity index (χ3v) is 4.91. The summed E-state index contributed by atoms with van der Waals surface area (Å²) < 4.78 is 41.9. The van der Waals surface area contributed by atoms with Gasteiger partial charge in [0.1, 0.15) is 11.6 Å². The number of rotatable bonds is 10. The lowest BCUT2D eigenvalue weighted by molar-refractivity contribution is -0.274. The highest BCUT2D eigenvalue weighted by Crippen LogP contribution is 2.29. The van der Waals surface area contributed by atoms with Gasteiger partial charge in [0.05, 0.1) is 11.3 Å². The van der Waals surface area contributed by atoms with Crippen LogP contribution >= 0.6 is 0 Å². The van der Waals surface area contributed by atoms with E-state index >= 15 is 0 Å². The van der Waals surface area contributed by atoms with E-state index in [1.165, 1.54) is 24.4 Å². The molecule has 0 aliphatic rings. The van der Waals surface area contributed by atoms with E-state index in [0.29, 0.717) is 18.7 Å². The number of aromatic nitrogens is 1. The quantitative estimate of drug-likeness (QED) is 0.244. The number of anilines is 4. The molecule has 1 heterocycles. The number of nitrogens with one attached hydrogen (secondary N) is 4. The Labute approximate surface area is 215 Å². The van der Waals surface area contributed by atoms with Gasteiger partial charge in [-0.1, -0.05) is 18.2 Å². The zero-order valence-electron chi connectivity index (χ0n) is 20.1. The summed E-state index contributed by atoms with van der Waals surface area (Å²) in [5, 5.41) is 19.4. The van der Waals surface area contributed by atoms with Crippen molar-refractivity contribution in [2.24, 2.45) is 0 Å². The van der Waals surface area contributed by atoms with Gasteiger partial charge >= 0.3 is 18.4 Å². The number of ether oxygens (including phenoxy) is 1. The molecule has 200 valence electrons. The Bertz CT molecular complexity index is 1300. The predicted molar refractivity (Wildman–Crippen MR) is 134 cm³/mol. The van der Waals surface area contributed by atoms with Crippen LogP contribution < -0.4 is 26.0 Å². The first kappa shape index (κ1) is 27.8. The molecule has 38 heavy (non-hydrogen) atoms. The maximum atomic E-state index is 13.1. The topological polar surface area (TPSA) is 142 Å². The molecule has 0 fully saturated rings. The zero-order valence-corrected chi connectivity index (χ0v) is 20.1. The average Bonchev–Trinajstić information content (AvgIpc) is 2.83. The molecule has 0 bridgehead atoms. The molecule has 10 nitrogen and oxygen atoms in total. The summed E-state index contributed by atoms with van der Waals surface area (Å²) in [4.78, 5) is 39.8. The van der Waals surface area contributed by atoms with Crippen LogP contribution in [0.5, 0.6) is 5.75 Å². The van der Waals surface area contributed by atoms with Crippen LogP contribution in [-0.2, 0) is 11.2 Å². The first-order chi connectivity index (χ1) is 18.0. The maximum absolute atomic E-state index is 13.1. The molecule has 3 aromatic rings. The molecule has 2 aromatic carbocycles. The van der Waals surface area contributed by atoms with Crippen molar-refractivity contribution < 1.29 is 37.4 Å². The van der Waals surface area contributed by atoms with Gasteiger partial charge in [-0.3, -0.25) is 14.9 Å². The van der Waals surface area contributed by atoms with Crippen LogP contribution in [0.15, 0.2) is 60.8 Å².